The molecule has 0 aromatic carbocycles. The second kappa shape index (κ2) is 5.53. The molecule has 0 aliphatic carbocycles. The quantitative estimate of drug-likeness (QED) is 0.615. The molecule has 0 aromatic rings. The number of nitrogens with zero attached hydrogens (tertiary/aromatic N) is 2. The summed E-state index contributed by atoms with van der Waals surface area (Å²) in [5.41, 5.74) is -0.145. The van der Waals surface area contributed by atoms with Crippen molar-refractivity contribution >= 4 is 12.0 Å². The Bertz CT molecular complexity index is 332. The first-order chi connectivity index (χ1) is 8.27. The molecular formula is C11H21N3O4. The van der Waals surface area contributed by atoms with E-state index in [1.165, 1.54) is 0 Å². The molecule has 1 fully saturated rings. The van der Waals surface area contributed by atoms with E-state index in [1.807, 2.05) is 20.9 Å². The number of carboxylic acid groups (broad SMARTS) is 1. The molecule has 1 aliphatic rings. The van der Waals surface area contributed by atoms with Gasteiger partial charge in [-0.3, -0.25) is 4.90 Å². The fraction of sp³-hybridized carbons (Fsp3) is 0.818. The van der Waals surface area contributed by atoms with Crippen molar-refractivity contribution < 1.29 is 19.8 Å². The van der Waals surface area contributed by atoms with Crippen LogP contribution in [-0.2, 0) is 4.79 Å². The first-order valence-corrected chi connectivity index (χ1v) is 5.88. The lowest BCUT2D eigenvalue weighted by Gasteiger charge is -2.45. The molecule has 3 N–H and O–H groups in total. The highest BCUT2D eigenvalue weighted by atomic mass is 16.4. The topological polar surface area (TPSA) is 93.1 Å². The normalized spacial score (nSPS) is 21.4. The SMILES string of the molecule is CN1CCN(C(=O)NC(CO)C(=O)O)CC1(C)C. The van der Waals surface area contributed by atoms with Crippen molar-refractivity contribution in [2.45, 2.75) is 25.4 Å². The lowest BCUT2D eigenvalue weighted by molar-refractivity contribution is -0.140. The summed E-state index contributed by atoms with van der Waals surface area (Å²) in [5, 5.41) is 19.9. The minimum Gasteiger partial charge on any atom is -0.480 e. The summed E-state index contributed by atoms with van der Waals surface area (Å²) in [7, 11) is 1.99. The van der Waals surface area contributed by atoms with E-state index in [9.17, 15) is 9.59 Å². The van der Waals surface area contributed by atoms with Gasteiger partial charge in [0.15, 0.2) is 6.04 Å². The van der Waals surface area contributed by atoms with Gasteiger partial charge in [-0.15, -0.1) is 0 Å². The van der Waals surface area contributed by atoms with Crippen LogP contribution in [0, 0.1) is 0 Å². The number of hydrogen-bond acceptors (Lipinski definition) is 4. The average Bonchev–Trinajstić information content (AvgIpc) is 2.28. The number of carboxylic acids is 1. The van der Waals surface area contributed by atoms with Gasteiger partial charge in [-0.25, -0.2) is 9.59 Å². The number of carbonyl (C=O) groups excluding carboxylic acids is 1. The first kappa shape index (κ1) is 14.7. The summed E-state index contributed by atoms with van der Waals surface area (Å²) < 4.78 is 0. The first-order valence-electron chi connectivity index (χ1n) is 5.88. The molecule has 7 heteroatoms. The number of aliphatic hydroxyl groups is 1. The number of rotatable bonds is 3. The van der Waals surface area contributed by atoms with Crippen molar-refractivity contribution in [1.82, 2.24) is 15.1 Å². The van der Waals surface area contributed by atoms with Crippen LogP contribution in [-0.4, -0.2) is 76.9 Å². The highest BCUT2D eigenvalue weighted by Gasteiger charge is 2.34. The second-order valence-electron chi connectivity index (χ2n) is 5.18. The predicted molar refractivity (Wildman–Crippen MR) is 65.3 cm³/mol. The summed E-state index contributed by atoms with van der Waals surface area (Å²) in [4.78, 5) is 26.3. The van der Waals surface area contributed by atoms with Crippen LogP contribution >= 0.6 is 0 Å². The van der Waals surface area contributed by atoms with Crippen molar-refractivity contribution in [3.8, 4) is 0 Å². The molecule has 2 amide bonds. The fourth-order valence-corrected chi connectivity index (χ4v) is 1.84. The highest BCUT2D eigenvalue weighted by Crippen LogP contribution is 2.18. The van der Waals surface area contributed by atoms with Crippen molar-refractivity contribution in [2.75, 3.05) is 33.3 Å². The van der Waals surface area contributed by atoms with E-state index in [0.717, 1.165) is 6.54 Å². The molecule has 1 saturated heterocycles. The number of urea groups is 1. The molecule has 0 spiro atoms. The van der Waals surface area contributed by atoms with Crippen molar-refractivity contribution in [3.05, 3.63) is 0 Å². The third kappa shape index (κ3) is 3.33. The number of aliphatic hydroxyl groups excluding tert-OH is 1. The number of nitrogens with one attached hydrogen (secondary N) is 1. The van der Waals surface area contributed by atoms with E-state index in [4.69, 9.17) is 10.2 Å². The van der Waals surface area contributed by atoms with Gasteiger partial charge in [0.2, 0.25) is 0 Å². The van der Waals surface area contributed by atoms with Crippen molar-refractivity contribution in [3.63, 3.8) is 0 Å². The fourth-order valence-electron chi connectivity index (χ4n) is 1.84. The van der Waals surface area contributed by atoms with E-state index < -0.39 is 24.6 Å². The molecule has 7 nitrogen and oxygen atoms in total. The van der Waals surface area contributed by atoms with Crippen LogP contribution in [0.5, 0.6) is 0 Å². The third-order valence-corrected chi connectivity index (χ3v) is 3.38. The minimum absolute atomic E-state index is 0.145. The van der Waals surface area contributed by atoms with Crippen LogP contribution in [0.2, 0.25) is 0 Å². The van der Waals surface area contributed by atoms with Crippen LogP contribution in [0.25, 0.3) is 0 Å². The summed E-state index contributed by atoms with van der Waals surface area (Å²) in [6.45, 7) is 5.23. The van der Waals surface area contributed by atoms with Crippen LogP contribution in [0.1, 0.15) is 13.8 Å². The maximum absolute atomic E-state index is 11.9. The maximum atomic E-state index is 11.9. The smallest absolute Gasteiger partial charge is 0.328 e. The largest absolute Gasteiger partial charge is 0.480 e. The zero-order valence-corrected chi connectivity index (χ0v) is 11.0. The molecule has 0 radical (unpaired) electrons. The van der Waals surface area contributed by atoms with E-state index in [-0.39, 0.29) is 5.54 Å². The molecule has 0 bridgehead atoms. The van der Waals surface area contributed by atoms with E-state index >= 15 is 0 Å². The summed E-state index contributed by atoms with van der Waals surface area (Å²) in [6.07, 6.45) is 0. The monoisotopic (exact) mass is 259 g/mol. The Morgan fingerprint density at radius 1 is 1.39 bits per heavy atom. The molecule has 0 aromatic heterocycles. The molecule has 1 rings (SSSR count). The molecule has 1 aliphatic heterocycles. The summed E-state index contributed by atoms with van der Waals surface area (Å²) in [6, 6.07) is -1.70. The van der Waals surface area contributed by atoms with Gasteiger partial charge in [-0.1, -0.05) is 0 Å². The van der Waals surface area contributed by atoms with Crippen molar-refractivity contribution in [2.24, 2.45) is 0 Å². The van der Waals surface area contributed by atoms with Gasteiger partial charge in [0.25, 0.3) is 0 Å². The van der Waals surface area contributed by atoms with Gasteiger partial charge in [0.1, 0.15) is 0 Å². The van der Waals surface area contributed by atoms with Gasteiger partial charge in [0.05, 0.1) is 6.61 Å². The number of piperazine rings is 1. The Morgan fingerprint density at radius 2 is 2.00 bits per heavy atom. The molecule has 0 saturated carbocycles. The second-order valence-corrected chi connectivity index (χ2v) is 5.18. The molecule has 1 heterocycles. The average molecular weight is 259 g/mol. The minimum atomic E-state index is -1.25. The van der Waals surface area contributed by atoms with Gasteiger partial charge in [-0.2, -0.15) is 0 Å². The van der Waals surface area contributed by atoms with E-state index in [2.05, 4.69) is 10.2 Å². The van der Waals surface area contributed by atoms with Gasteiger partial charge in [0, 0.05) is 25.2 Å². The van der Waals surface area contributed by atoms with Crippen LogP contribution in [0.4, 0.5) is 4.79 Å². The van der Waals surface area contributed by atoms with Crippen molar-refractivity contribution in [1.29, 1.82) is 0 Å². The van der Waals surface area contributed by atoms with E-state index in [1.54, 1.807) is 4.90 Å². The summed E-state index contributed by atoms with van der Waals surface area (Å²) in [5.74, 6) is -1.24. The number of amides is 2. The Balaban J connectivity index is 2.60. The number of aliphatic carboxylic acids is 1. The molecule has 18 heavy (non-hydrogen) atoms. The Kier molecular flexibility index (Phi) is 4.53. The lowest BCUT2D eigenvalue weighted by Crippen LogP contribution is -2.61. The number of carbonyl (C=O) groups is 2. The predicted octanol–water partition coefficient (Wildman–Crippen LogP) is -0.832. The summed E-state index contributed by atoms with van der Waals surface area (Å²) >= 11 is 0. The lowest BCUT2D eigenvalue weighted by atomic mass is 10.00. The van der Waals surface area contributed by atoms with Crippen LogP contribution < -0.4 is 5.32 Å². The van der Waals surface area contributed by atoms with Crippen LogP contribution in [0.3, 0.4) is 0 Å². The Labute approximate surface area is 106 Å². The Morgan fingerprint density at radius 3 is 2.44 bits per heavy atom. The van der Waals surface area contributed by atoms with Gasteiger partial charge in [-0.05, 0) is 20.9 Å². The van der Waals surface area contributed by atoms with E-state index in [0.29, 0.717) is 13.1 Å². The maximum Gasteiger partial charge on any atom is 0.328 e. The number of likely N-dealkylation sites (N-methyl/N-ethyl adjacent to an activating group) is 1. The zero-order valence-electron chi connectivity index (χ0n) is 11.0. The molecule has 104 valence electrons. The zero-order chi connectivity index (χ0) is 13.9. The Hall–Kier alpha value is -1.34. The standard InChI is InChI=1S/C11H21N3O4/c1-11(2)7-14(5-4-13(11)3)10(18)12-8(6-15)9(16)17/h8,15H,4-7H2,1-3H3,(H,12,18)(H,16,17). The van der Waals surface area contributed by atoms with Gasteiger partial charge >= 0.3 is 12.0 Å². The molecular weight excluding hydrogens is 238 g/mol. The molecule has 1 unspecified atom stereocenters. The third-order valence-electron chi connectivity index (χ3n) is 3.38. The molecule has 1 atom stereocenters. The number of hydrogen-bond donors (Lipinski definition) is 3. The van der Waals surface area contributed by atoms with Crippen LogP contribution in [0.15, 0.2) is 0 Å². The van der Waals surface area contributed by atoms with Gasteiger partial charge < -0.3 is 20.4 Å². The highest BCUT2D eigenvalue weighted by molar-refractivity contribution is 5.82.